The first-order chi connectivity index (χ1) is 10.5. The van der Waals surface area contributed by atoms with E-state index < -0.39 is 0 Å². The van der Waals surface area contributed by atoms with Gasteiger partial charge >= 0.3 is 0 Å². The lowest BCUT2D eigenvalue weighted by Crippen LogP contribution is -2.45. The zero-order valence-electron chi connectivity index (χ0n) is 14.0. The monoisotopic (exact) mass is 304 g/mol. The lowest BCUT2D eigenvalue weighted by molar-refractivity contribution is -0.132. The van der Waals surface area contributed by atoms with E-state index in [0.717, 1.165) is 39.0 Å². The summed E-state index contributed by atoms with van der Waals surface area (Å²) in [6, 6.07) is 1.69. The van der Waals surface area contributed by atoms with Crippen molar-refractivity contribution in [2.24, 2.45) is 11.7 Å². The molecular formula is C17H28N4O. The molecule has 2 heterocycles. The van der Waals surface area contributed by atoms with Gasteiger partial charge in [0.25, 0.3) is 0 Å². The van der Waals surface area contributed by atoms with Crippen molar-refractivity contribution < 1.29 is 4.79 Å². The number of nitrogens with zero attached hydrogens (tertiary/aromatic N) is 3. The van der Waals surface area contributed by atoms with E-state index in [9.17, 15) is 4.79 Å². The van der Waals surface area contributed by atoms with E-state index in [-0.39, 0.29) is 11.9 Å². The number of carbonyl (C=O) groups excluding carboxylic acids is 1. The fourth-order valence-electron chi connectivity index (χ4n) is 3.04. The maximum Gasteiger partial charge on any atom is 0.239 e. The van der Waals surface area contributed by atoms with Crippen LogP contribution in [0.3, 0.4) is 0 Å². The third-order valence-electron chi connectivity index (χ3n) is 4.18. The number of rotatable bonds is 4. The fourth-order valence-corrected chi connectivity index (χ4v) is 3.04. The summed E-state index contributed by atoms with van der Waals surface area (Å²) < 4.78 is 0. The second kappa shape index (κ2) is 7.58. The zero-order valence-corrected chi connectivity index (χ0v) is 14.0. The molecule has 1 atom stereocenters. The Kier molecular flexibility index (Phi) is 5.77. The highest BCUT2D eigenvalue weighted by Crippen LogP contribution is 2.20. The minimum Gasteiger partial charge on any atom is -0.369 e. The molecule has 2 rings (SSSR count). The standard InChI is InChI=1S/C17H28N4O/c1-13(2)11-15(18)17(22)21-8-4-7-20(9-10-21)16-5-6-19-12-14(16)3/h5-6,12-13,15H,4,7-11,18H2,1-3H3/t15-/m1/s1. The minimum atomic E-state index is -0.366. The van der Waals surface area contributed by atoms with Gasteiger partial charge in [-0.1, -0.05) is 13.8 Å². The molecular weight excluding hydrogens is 276 g/mol. The molecule has 1 saturated heterocycles. The summed E-state index contributed by atoms with van der Waals surface area (Å²) in [5, 5.41) is 0. The van der Waals surface area contributed by atoms with Crippen LogP contribution in [0.25, 0.3) is 0 Å². The molecule has 1 amide bonds. The third kappa shape index (κ3) is 4.19. The number of aryl methyl sites for hydroxylation is 1. The summed E-state index contributed by atoms with van der Waals surface area (Å²) in [7, 11) is 0. The molecule has 5 heteroatoms. The number of pyridine rings is 1. The van der Waals surface area contributed by atoms with Gasteiger partial charge in [-0.15, -0.1) is 0 Å². The molecule has 0 unspecified atom stereocenters. The van der Waals surface area contributed by atoms with Gasteiger partial charge in [-0.3, -0.25) is 9.78 Å². The lowest BCUT2D eigenvalue weighted by Gasteiger charge is -2.26. The van der Waals surface area contributed by atoms with E-state index in [1.54, 1.807) is 0 Å². The highest BCUT2D eigenvalue weighted by molar-refractivity contribution is 5.81. The van der Waals surface area contributed by atoms with Gasteiger partial charge in [0, 0.05) is 44.3 Å². The van der Waals surface area contributed by atoms with Gasteiger partial charge in [0.15, 0.2) is 0 Å². The largest absolute Gasteiger partial charge is 0.369 e. The fraction of sp³-hybridized carbons (Fsp3) is 0.647. The number of nitrogens with two attached hydrogens (primary N) is 1. The molecule has 5 nitrogen and oxygen atoms in total. The Labute approximate surface area is 133 Å². The van der Waals surface area contributed by atoms with Crippen LogP contribution in [0.5, 0.6) is 0 Å². The van der Waals surface area contributed by atoms with Crippen molar-refractivity contribution in [3.63, 3.8) is 0 Å². The summed E-state index contributed by atoms with van der Waals surface area (Å²) in [5.41, 5.74) is 8.45. The Bertz CT molecular complexity index is 503. The second-order valence-corrected chi connectivity index (χ2v) is 6.56. The predicted molar refractivity (Wildman–Crippen MR) is 89.8 cm³/mol. The lowest BCUT2D eigenvalue weighted by atomic mass is 10.0. The maximum absolute atomic E-state index is 12.5. The summed E-state index contributed by atoms with van der Waals surface area (Å²) in [5.74, 6) is 0.545. The molecule has 0 aromatic carbocycles. The van der Waals surface area contributed by atoms with Gasteiger partial charge in [0.2, 0.25) is 5.91 Å². The molecule has 0 saturated carbocycles. The molecule has 22 heavy (non-hydrogen) atoms. The van der Waals surface area contributed by atoms with Crippen molar-refractivity contribution >= 4 is 11.6 Å². The van der Waals surface area contributed by atoms with Crippen LogP contribution in [-0.4, -0.2) is 48.0 Å². The summed E-state index contributed by atoms with van der Waals surface area (Å²) in [6.07, 6.45) is 5.45. The van der Waals surface area contributed by atoms with E-state index in [2.05, 4.69) is 36.7 Å². The normalized spacial score (nSPS) is 17.5. The Morgan fingerprint density at radius 2 is 2.09 bits per heavy atom. The topological polar surface area (TPSA) is 62.5 Å². The number of hydrogen-bond donors (Lipinski definition) is 1. The number of anilines is 1. The molecule has 1 aromatic rings. The predicted octanol–water partition coefficient (Wildman–Crippen LogP) is 1.80. The van der Waals surface area contributed by atoms with Gasteiger partial charge in [0.1, 0.15) is 0 Å². The molecule has 1 aliphatic heterocycles. The van der Waals surface area contributed by atoms with E-state index >= 15 is 0 Å². The van der Waals surface area contributed by atoms with E-state index in [0.29, 0.717) is 5.92 Å². The highest BCUT2D eigenvalue weighted by Gasteiger charge is 2.24. The number of amides is 1. The molecule has 1 fully saturated rings. The van der Waals surface area contributed by atoms with Gasteiger partial charge in [-0.2, -0.15) is 0 Å². The van der Waals surface area contributed by atoms with Crippen LogP contribution in [0.2, 0.25) is 0 Å². The molecule has 0 bridgehead atoms. The van der Waals surface area contributed by atoms with Crippen LogP contribution in [0, 0.1) is 12.8 Å². The van der Waals surface area contributed by atoms with E-state index in [1.165, 1.54) is 11.3 Å². The van der Waals surface area contributed by atoms with Crippen LogP contribution < -0.4 is 10.6 Å². The van der Waals surface area contributed by atoms with Crippen molar-refractivity contribution in [3.8, 4) is 0 Å². The molecule has 1 aliphatic rings. The smallest absolute Gasteiger partial charge is 0.239 e. The maximum atomic E-state index is 12.5. The van der Waals surface area contributed by atoms with Crippen molar-refractivity contribution in [2.75, 3.05) is 31.1 Å². The third-order valence-corrected chi connectivity index (χ3v) is 4.18. The molecule has 122 valence electrons. The number of aromatic nitrogens is 1. The van der Waals surface area contributed by atoms with E-state index in [1.807, 2.05) is 17.3 Å². The van der Waals surface area contributed by atoms with Crippen molar-refractivity contribution in [1.82, 2.24) is 9.88 Å². The Hall–Kier alpha value is -1.62. The number of hydrogen-bond acceptors (Lipinski definition) is 4. The molecule has 1 aromatic heterocycles. The summed E-state index contributed by atoms with van der Waals surface area (Å²) in [6.45, 7) is 9.64. The van der Waals surface area contributed by atoms with Gasteiger partial charge in [0.05, 0.1) is 6.04 Å². The van der Waals surface area contributed by atoms with Crippen LogP contribution >= 0.6 is 0 Å². The molecule has 0 radical (unpaired) electrons. The Morgan fingerprint density at radius 1 is 1.32 bits per heavy atom. The quantitative estimate of drug-likeness (QED) is 0.921. The molecule has 0 aliphatic carbocycles. The molecule has 0 spiro atoms. The van der Waals surface area contributed by atoms with Crippen molar-refractivity contribution in [3.05, 3.63) is 24.0 Å². The Balaban J connectivity index is 1.98. The first-order valence-electron chi connectivity index (χ1n) is 8.19. The SMILES string of the molecule is Cc1cnccc1N1CCCN(C(=O)[C@H](N)CC(C)C)CC1. The minimum absolute atomic E-state index is 0.0991. The van der Waals surface area contributed by atoms with Gasteiger partial charge in [-0.05, 0) is 37.3 Å². The first-order valence-corrected chi connectivity index (χ1v) is 8.19. The van der Waals surface area contributed by atoms with Crippen LogP contribution in [0.15, 0.2) is 18.5 Å². The van der Waals surface area contributed by atoms with Crippen LogP contribution in [-0.2, 0) is 4.79 Å². The highest BCUT2D eigenvalue weighted by atomic mass is 16.2. The average molecular weight is 304 g/mol. The van der Waals surface area contributed by atoms with Crippen molar-refractivity contribution in [2.45, 2.75) is 39.7 Å². The van der Waals surface area contributed by atoms with Crippen LogP contribution in [0.4, 0.5) is 5.69 Å². The van der Waals surface area contributed by atoms with Crippen molar-refractivity contribution in [1.29, 1.82) is 0 Å². The zero-order chi connectivity index (χ0) is 16.1. The number of carbonyl (C=O) groups is 1. The van der Waals surface area contributed by atoms with Gasteiger partial charge < -0.3 is 15.5 Å². The van der Waals surface area contributed by atoms with Crippen LogP contribution in [0.1, 0.15) is 32.3 Å². The Morgan fingerprint density at radius 3 is 2.77 bits per heavy atom. The summed E-state index contributed by atoms with van der Waals surface area (Å²) >= 11 is 0. The van der Waals surface area contributed by atoms with Gasteiger partial charge in [-0.25, -0.2) is 0 Å². The van der Waals surface area contributed by atoms with E-state index in [4.69, 9.17) is 5.73 Å². The summed E-state index contributed by atoms with van der Waals surface area (Å²) in [4.78, 5) is 20.9. The first kappa shape index (κ1) is 16.7. The molecule has 2 N–H and O–H groups in total. The average Bonchev–Trinajstić information content (AvgIpc) is 2.72. The second-order valence-electron chi connectivity index (χ2n) is 6.56.